The monoisotopic (exact) mass is 490 g/mol. The number of carbonyl (C=O) groups is 2. The first-order valence-electron chi connectivity index (χ1n) is 11.7. The highest BCUT2D eigenvalue weighted by Crippen LogP contribution is 2.40. The van der Waals surface area contributed by atoms with Crippen molar-refractivity contribution in [1.29, 1.82) is 0 Å². The molecule has 6 nitrogen and oxygen atoms in total. The van der Waals surface area contributed by atoms with Gasteiger partial charge >= 0.3 is 12.1 Å². The maximum Gasteiger partial charge on any atom is 0.416 e. The van der Waals surface area contributed by atoms with E-state index in [-0.39, 0.29) is 6.42 Å². The summed E-state index contributed by atoms with van der Waals surface area (Å²) in [5.41, 5.74) is 0.721. The van der Waals surface area contributed by atoms with Crippen molar-refractivity contribution < 1.29 is 32.2 Å². The van der Waals surface area contributed by atoms with Gasteiger partial charge in [-0.2, -0.15) is 13.2 Å². The quantitative estimate of drug-likeness (QED) is 0.562. The first kappa shape index (κ1) is 25.0. The lowest BCUT2D eigenvalue weighted by Crippen LogP contribution is -2.46. The average molecular weight is 491 g/mol. The van der Waals surface area contributed by atoms with E-state index in [1.807, 2.05) is 0 Å². The second-order valence-corrected chi connectivity index (χ2v) is 8.99. The number of benzene rings is 2. The molecule has 1 saturated heterocycles. The van der Waals surface area contributed by atoms with Gasteiger partial charge in [0.2, 0.25) is 0 Å². The van der Waals surface area contributed by atoms with Crippen LogP contribution >= 0.6 is 0 Å². The van der Waals surface area contributed by atoms with Gasteiger partial charge in [-0.15, -0.1) is 0 Å². The van der Waals surface area contributed by atoms with Gasteiger partial charge in [0.05, 0.1) is 12.7 Å². The van der Waals surface area contributed by atoms with Crippen molar-refractivity contribution in [2.75, 3.05) is 38.2 Å². The zero-order chi connectivity index (χ0) is 25.2. The van der Waals surface area contributed by atoms with Crippen LogP contribution in [0.4, 0.5) is 18.9 Å². The molecule has 0 bridgehead atoms. The summed E-state index contributed by atoms with van der Waals surface area (Å²) in [4.78, 5) is 29.5. The predicted molar refractivity (Wildman–Crippen MR) is 124 cm³/mol. The number of likely N-dealkylation sites (tertiary alicyclic amines) is 1. The number of ether oxygens (including phenoxy) is 2. The van der Waals surface area contributed by atoms with E-state index in [4.69, 9.17) is 9.47 Å². The fourth-order valence-corrected chi connectivity index (χ4v) is 4.91. The lowest BCUT2D eigenvalue weighted by molar-refractivity contribution is -0.154. The highest BCUT2D eigenvalue weighted by Gasteiger charge is 2.41. The summed E-state index contributed by atoms with van der Waals surface area (Å²) >= 11 is 0. The van der Waals surface area contributed by atoms with Crippen LogP contribution in [-0.2, 0) is 26.9 Å². The van der Waals surface area contributed by atoms with Gasteiger partial charge in [0, 0.05) is 31.6 Å². The number of halogens is 3. The molecule has 35 heavy (non-hydrogen) atoms. The smallest absolute Gasteiger partial charge is 0.416 e. The van der Waals surface area contributed by atoms with E-state index in [9.17, 15) is 22.8 Å². The van der Waals surface area contributed by atoms with Crippen molar-refractivity contribution in [1.82, 2.24) is 4.90 Å². The molecule has 2 atom stereocenters. The Labute approximate surface area is 202 Å². The van der Waals surface area contributed by atoms with E-state index in [0.717, 1.165) is 38.1 Å². The summed E-state index contributed by atoms with van der Waals surface area (Å²) in [5.74, 6) is -1.11. The van der Waals surface area contributed by atoms with Crippen molar-refractivity contribution in [2.24, 2.45) is 0 Å². The molecule has 0 radical (unpaired) electrons. The summed E-state index contributed by atoms with van der Waals surface area (Å²) in [6, 6.07) is 10.4. The highest BCUT2D eigenvalue weighted by atomic mass is 19.4. The van der Waals surface area contributed by atoms with Crippen molar-refractivity contribution in [3.05, 3.63) is 59.2 Å². The predicted octanol–water partition coefficient (Wildman–Crippen LogP) is 4.41. The summed E-state index contributed by atoms with van der Waals surface area (Å²) < 4.78 is 51.5. The number of esters is 1. The average Bonchev–Trinajstić information content (AvgIpc) is 3.31. The third-order valence-electron chi connectivity index (χ3n) is 6.69. The molecule has 2 aromatic rings. The van der Waals surface area contributed by atoms with E-state index >= 15 is 0 Å². The van der Waals surface area contributed by atoms with Crippen LogP contribution in [0.3, 0.4) is 0 Å². The molecule has 0 aromatic heterocycles. The van der Waals surface area contributed by atoms with Crippen molar-refractivity contribution >= 4 is 17.6 Å². The Bertz CT molecular complexity index is 1070. The summed E-state index contributed by atoms with van der Waals surface area (Å²) in [7, 11) is 1.53. The number of hydrogen-bond donors (Lipinski definition) is 0. The van der Waals surface area contributed by atoms with Crippen molar-refractivity contribution in [3.8, 4) is 5.75 Å². The minimum absolute atomic E-state index is 0.107. The normalized spacial score (nSPS) is 20.9. The molecule has 2 aromatic carbocycles. The number of alkyl halides is 3. The van der Waals surface area contributed by atoms with E-state index in [2.05, 4.69) is 4.90 Å². The van der Waals surface area contributed by atoms with Gasteiger partial charge in [-0.05, 0) is 73.8 Å². The molecule has 0 spiro atoms. The molecule has 9 heteroatoms. The molecule has 2 aliphatic rings. The van der Waals surface area contributed by atoms with Crippen LogP contribution < -0.4 is 9.64 Å². The molecule has 0 aliphatic carbocycles. The van der Waals surface area contributed by atoms with Crippen LogP contribution in [0.1, 0.15) is 42.4 Å². The minimum Gasteiger partial charge on any atom is -0.497 e. The molecule has 0 saturated carbocycles. The van der Waals surface area contributed by atoms with Crippen molar-refractivity contribution in [3.63, 3.8) is 0 Å². The fourth-order valence-electron chi connectivity index (χ4n) is 4.91. The molecule has 188 valence electrons. The Morgan fingerprint density at radius 1 is 1.06 bits per heavy atom. The zero-order valence-electron chi connectivity index (χ0n) is 19.8. The number of nitrogens with zero attached hydrogens (tertiary/aromatic N) is 2. The second kappa shape index (κ2) is 10.3. The molecule has 4 rings (SSSR count). The Hall–Kier alpha value is -3.07. The number of anilines is 1. The number of methoxy groups -OCH3 is 1. The van der Waals surface area contributed by atoms with Gasteiger partial charge in [-0.25, -0.2) is 0 Å². The maximum atomic E-state index is 13.8. The standard InChI is InChI=1S/C26H29F3N2O4/c1-17(32)35-24-22(18-5-8-21(34-2)9-6-18)16-19-15-20(26(27,28)29)7-10-23(19)31(25(24)33)14-13-30-11-3-4-12-30/h5-10,15,22,24H,3-4,11-14,16H2,1-2H3/t22-,24+/m0/s1. The van der Waals surface area contributed by atoms with E-state index in [1.165, 1.54) is 25.0 Å². The summed E-state index contributed by atoms with van der Waals surface area (Å²) in [6.45, 7) is 3.96. The number of amides is 1. The second-order valence-electron chi connectivity index (χ2n) is 8.99. The number of fused-ring (bicyclic) bond motifs is 1. The van der Waals surface area contributed by atoms with Gasteiger partial charge in [-0.3, -0.25) is 9.59 Å². The molecule has 1 amide bonds. The molecular weight excluding hydrogens is 461 g/mol. The molecule has 1 fully saturated rings. The van der Waals surface area contributed by atoms with E-state index < -0.39 is 35.6 Å². The number of hydrogen-bond acceptors (Lipinski definition) is 5. The maximum absolute atomic E-state index is 13.8. The van der Waals surface area contributed by atoms with Crippen LogP contribution in [-0.4, -0.2) is 56.2 Å². The van der Waals surface area contributed by atoms with Crippen molar-refractivity contribution in [2.45, 2.75) is 44.4 Å². The van der Waals surface area contributed by atoms with E-state index in [1.54, 1.807) is 24.3 Å². The largest absolute Gasteiger partial charge is 0.497 e. The number of carbonyl (C=O) groups excluding carboxylic acids is 2. The SMILES string of the molecule is COc1ccc([C@@H]2Cc3cc(C(F)(F)F)ccc3N(CCN3CCCC3)C(=O)[C@@H]2OC(C)=O)cc1. The topological polar surface area (TPSA) is 59.1 Å². The van der Waals surface area contributed by atoms with Crippen LogP contribution in [0.25, 0.3) is 0 Å². The van der Waals surface area contributed by atoms with Crippen LogP contribution in [0.5, 0.6) is 5.75 Å². The van der Waals surface area contributed by atoms with Crippen LogP contribution in [0.2, 0.25) is 0 Å². The molecule has 2 heterocycles. The number of rotatable bonds is 6. The highest BCUT2D eigenvalue weighted by molar-refractivity contribution is 5.99. The molecule has 0 unspecified atom stereocenters. The Balaban J connectivity index is 1.78. The Kier molecular flexibility index (Phi) is 7.35. The molecule has 0 N–H and O–H groups in total. The fraction of sp³-hybridized carbons (Fsp3) is 0.462. The van der Waals surface area contributed by atoms with E-state index in [0.29, 0.717) is 35.7 Å². The molecular formula is C26H29F3N2O4. The summed E-state index contributed by atoms with van der Waals surface area (Å²) in [5, 5.41) is 0. The van der Waals surface area contributed by atoms with Gasteiger partial charge in [0.1, 0.15) is 5.75 Å². The Morgan fingerprint density at radius 3 is 2.34 bits per heavy atom. The third kappa shape index (κ3) is 5.61. The molecule has 2 aliphatic heterocycles. The summed E-state index contributed by atoms with van der Waals surface area (Å²) in [6.07, 6.45) is -3.42. The first-order chi connectivity index (χ1) is 16.7. The first-order valence-corrected chi connectivity index (χ1v) is 11.7. The van der Waals surface area contributed by atoms with Gasteiger partial charge in [-0.1, -0.05) is 12.1 Å². The lowest BCUT2D eigenvalue weighted by atomic mass is 9.87. The van der Waals surface area contributed by atoms with Crippen LogP contribution in [0, 0.1) is 0 Å². The minimum atomic E-state index is -4.52. The van der Waals surface area contributed by atoms with Crippen LogP contribution in [0.15, 0.2) is 42.5 Å². The van der Waals surface area contributed by atoms with Gasteiger partial charge < -0.3 is 19.3 Å². The van der Waals surface area contributed by atoms with Gasteiger partial charge in [0.15, 0.2) is 6.10 Å². The lowest BCUT2D eigenvalue weighted by Gasteiger charge is -2.29. The third-order valence-corrected chi connectivity index (χ3v) is 6.69. The zero-order valence-corrected chi connectivity index (χ0v) is 19.8. The Morgan fingerprint density at radius 2 is 1.74 bits per heavy atom. The van der Waals surface area contributed by atoms with Gasteiger partial charge in [0.25, 0.3) is 5.91 Å².